The van der Waals surface area contributed by atoms with Gasteiger partial charge in [-0.05, 0) is 36.4 Å². The average molecular weight is 412 g/mol. The zero-order valence-corrected chi connectivity index (χ0v) is 16.6. The summed E-state index contributed by atoms with van der Waals surface area (Å²) in [4.78, 5) is 25.4. The van der Waals surface area contributed by atoms with E-state index >= 15 is 0 Å². The van der Waals surface area contributed by atoms with Crippen molar-refractivity contribution in [3.05, 3.63) is 114 Å². The number of nitrogens with zero attached hydrogens (tertiary/aromatic N) is 2. The van der Waals surface area contributed by atoms with Gasteiger partial charge in [0.05, 0.1) is 18.1 Å². The molecule has 0 unspecified atom stereocenters. The molecule has 31 heavy (non-hydrogen) atoms. The normalized spacial score (nSPS) is 11.2. The van der Waals surface area contributed by atoms with E-state index in [1.807, 2.05) is 42.6 Å². The molecule has 2 heterocycles. The zero-order valence-electron chi connectivity index (χ0n) is 16.6. The molecule has 0 saturated heterocycles. The first-order valence-electron chi connectivity index (χ1n) is 9.68. The second kappa shape index (κ2) is 9.41. The smallest absolute Gasteiger partial charge is 0.268 e. The lowest BCUT2D eigenvalue weighted by molar-refractivity contribution is -0.117. The molecule has 0 aliphatic heterocycles. The van der Waals surface area contributed by atoms with Crippen molar-refractivity contribution in [3.8, 4) is 5.69 Å². The van der Waals surface area contributed by atoms with Crippen molar-refractivity contribution >= 4 is 17.9 Å². The number of benzene rings is 2. The van der Waals surface area contributed by atoms with Crippen LogP contribution in [0.1, 0.15) is 21.7 Å². The minimum atomic E-state index is -0.437. The second-order valence-electron chi connectivity index (χ2n) is 6.70. The molecule has 2 aromatic carbocycles. The summed E-state index contributed by atoms with van der Waals surface area (Å²) in [5, 5.41) is 9.81. The molecule has 2 N–H and O–H groups in total. The molecule has 7 nitrogen and oxygen atoms in total. The Morgan fingerprint density at radius 1 is 0.968 bits per heavy atom. The summed E-state index contributed by atoms with van der Waals surface area (Å²) in [5.74, 6) is -0.367. The Kier molecular flexibility index (Phi) is 6.04. The molecule has 0 bridgehead atoms. The Morgan fingerprint density at radius 3 is 2.42 bits per heavy atom. The fourth-order valence-corrected chi connectivity index (χ4v) is 2.91. The number of hydrogen-bond donors (Lipinski definition) is 2. The van der Waals surface area contributed by atoms with E-state index in [-0.39, 0.29) is 18.1 Å². The molecule has 0 atom stereocenters. The molecule has 4 aromatic rings. The van der Waals surface area contributed by atoms with E-state index in [0.29, 0.717) is 11.3 Å². The maximum atomic E-state index is 12.8. The number of para-hydroxylation sites is 1. The highest BCUT2D eigenvalue weighted by molar-refractivity contribution is 6.05. The van der Waals surface area contributed by atoms with Crippen LogP contribution in [0.4, 0.5) is 0 Å². The Bertz CT molecular complexity index is 1180. The van der Waals surface area contributed by atoms with Crippen molar-refractivity contribution in [2.75, 3.05) is 0 Å². The van der Waals surface area contributed by atoms with Gasteiger partial charge in [0.15, 0.2) is 0 Å². The van der Waals surface area contributed by atoms with Crippen LogP contribution in [0.5, 0.6) is 0 Å². The third-order valence-corrected chi connectivity index (χ3v) is 4.47. The Balaban J connectivity index is 1.46. The number of hydrogen-bond acceptors (Lipinski definition) is 4. The molecule has 4 rings (SSSR count). The van der Waals surface area contributed by atoms with E-state index in [0.717, 1.165) is 11.3 Å². The Hall–Kier alpha value is -4.39. The van der Waals surface area contributed by atoms with Crippen LogP contribution in [0.15, 0.2) is 102 Å². The molecule has 0 aliphatic rings. The summed E-state index contributed by atoms with van der Waals surface area (Å²) < 4.78 is 7.03. The predicted molar refractivity (Wildman–Crippen MR) is 116 cm³/mol. The van der Waals surface area contributed by atoms with Crippen molar-refractivity contribution in [2.24, 2.45) is 0 Å². The van der Waals surface area contributed by atoms with Crippen LogP contribution in [0.2, 0.25) is 0 Å². The van der Waals surface area contributed by atoms with Gasteiger partial charge in [0, 0.05) is 29.9 Å². The third kappa shape index (κ3) is 5.16. The molecule has 0 fully saturated rings. The number of aromatic nitrogens is 2. The molecule has 2 aromatic heterocycles. The van der Waals surface area contributed by atoms with Crippen molar-refractivity contribution in [1.82, 2.24) is 20.4 Å². The van der Waals surface area contributed by atoms with Gasteiger partial charge in [-0.25, -0.2) is 4.68 Å². The second-order valence-corrected chi connectivity index (χ2v) is 6.70. The first-order chi connectivity index (χ1) is 15.2. The molecule has 154 valence electrons. The lowest BCUT2D eigenvalue weighted by Crippen LogP contribution is -2.34. The molecule has 7 heteroatoms. The summed E-state index contributed by atoms with van der Waals surface area (Å²) in [6.07, 6.45) is 6.52. The number of rotatable bonds is 7. The first kappa shape index (κ1) is 19.9. The van der Waals surface area contributed by atoms with Crippen LogP contribution in [0, 0.1) is 0 Å². The number of amides is 2. The van der Waals surface area contributed by atoms with Crippen LogP contribution in [-0.2, 0) is 11.3 Å². The van der Waals surface area contributed by atoms with Crippen LogP contribution in [0.3, 0.4) is 0 Å². The Morgan fingerprint density at radius 2 is 1.71 bits per heavy atom. The fourth-order valence-electron chi connectivity index (χ4n) is 2.91. The van der Waals surface area contributed by atoms with Gasteiger partial charge in [0.1, 0.15) is 11.5 Å². The summed E-state index contributed by atoms with van der Waals surface area (Å²) in [7, 11) is 0. The maximum Gasteiger partial charge on any atom is 0.268 e. The van der Waals surface area contributed by atoms with E-state index in [1.165, 1.54) is 12.3 Å². The van der Waals surface area contributed by atoms with Gasteiger partial charge in [-0.2, -0.15) is 5.10 Å². The summed E-state index contributed by atoms with van der Waals surface area (Å²) in [6.45, 7) is 0.252. The van der Waals surface area contributed by atoms with E-state index in [1.54, 1.807) is 47.3 Å². The minimum absolute atomic E-state index is 0.0826. The van der Waals surface area contributed by atoms with Gasteiger partial charge in [0.25, 0.3) is 11.8 Å². The van der Waals surface area contributed by atoms with E-state index in [4.69, 9.17) is 4.42 Å². The van der Waals surface area contributed by atoms with Crippen LogP contribution in [0.25, 0.3) is 11.8 Å². The monoisotopic (exact) mass is 412 g/mol. The van der Waals surface area contributed by atoms with Crippen molar-refractivity contribution < 1.29 is 14.0 Å². The van der Waals surface area contributed by atoms with Crippen molar-refractivity contribution in [1.29, 1.82) is 0 Å². The number of carbonyl (C=O) groups excluding carboxylic acids is 2. The lowest BCUT2D eigenvalue weighted by Gasteiger charge is -2.10. The quantitative estimate of drug-likeness (QED) is 0.454. The molecule has 2 amide bonds. The standard InChI is InChI=1S/C24H20N4O3/c29-23(19-8-3-1-4-9-19)27-22(14-21-12-7-13-31-21)24(30)25-15-18-16-26-28(17-18)20-10-5-2-6-11-20/h1-14,16-17H,15H2,(H,25,30)(H,27,29)/b22-14-. The molecule has 0 radical (unpaired) electrons. The van der Waals surface area contributed by atoms with Crippen LogP contribution < -0.4 is 10.6 Å². The highest BCUT2D eigenvalue weighted by Crippen LogP contribution is 2.10. The number of carbonyl (C=O) groups is 2. The summed E-state index contributed by atoms with van der Waals surface area (Å²) in [5.41, 5.74) is 2.28. The van der Waals surface area contributed by atoms with Gasteiger partial charge in [0.2, 0.25) is 0 Å². The molecular weight excluding hydrogens is 392 g/mol. The maximum absolute atomic E-state index is 12.8. The zero-order chi connectivity index (χ0) is 21.5. The fraction of sp³-hybridized carbons (Fsp3) is 0.0417. The van der Waals surface area contributed by atoms with Gasteiger partial charge in [-0.1, -0.05) is 36.4 Å². The average Bonchev–Trinajstić information content (AvgIpc) is 3.50. The SMILES string of the molecule is O=C(NCc1cnn(-c2ccccc2)c1)/C(=C/c1ccco1)NC(=O)c1ccccc1. The third-order valence-electron chi connectivity index (χ3n) is 4.47. The van der Waals surface area contributed by atoms with Gasteiger partial charge < -0.3 is 15.1 Å². The highest BCUT2D eigenvalue weighted by atomic mass is 16.3. The molecule has 0 saturated carbocycles. The minimum Gasteiger partial charge on any atom is -0.465 e. The van der Waals surface area contributed by atoms with E-state index in [2.05, 4.69) is 15.7 Å². The first-order valence-corrected chi connectivity index (χ1v) is 9.68. The highest BCUT2D eigenvalue weighted by Gasteiger charge is 2.15. The predicted octanol–water partition coefficient (Wildman–Crippen LogP) is 3.55. The largest absolute Gasteiger partial charge is 0.465 e. The molecule has 0 spiro atoms. The van der Waals surface area contributed by atoms with Crippen molar-refractivity contribution in [3.63, 3.8) is 0 Å². The van der Waals surface area contributed by atoms with Crippen LogP contribution in [-0.4, -0.2) is 21.6 Å². The Labute approximate surface area is 179 Å². The van der Waals surface area contributed by atoms with Gasteiger partial charge >= 0.3 is 0 Å². The molecular formula is C24H20N4O3. The van der Waals surface area contributed by atoms with E-state index < -0.39 is 5.91 Å². The van der Waals surface area contributed by atoms with Crippen LogP contribution >= 0.6 is 0 Å². The molecule has 0 aliphatic carbocycles. The van der Waals surface area contributed by atoms with Gasteiger partial charge in [-0.15, -0.1) is 0 Å². The summed E-state index contributed by atoms with van der Waals surface area (Å²) >= 11 is 0. The van der Waals surface area contributed by atoms with Crippen molar-refractivity contribution in [2.45, 2.75) is 6.54 Å². The number of nitrogens with one attached hydrogen (secondary N) is 2. The van der Waals surface area contributed by atoms with Gasteiger partial charge in [-0.3, -0.25) is 9.59 Å². The number of furan rings is 1. The topological polar surface area (TPSA) is 89.2 Å². The van der Waals surface area contributed by atoms with E-state index in [9.17, 15) is 9.59 Å². The summed E-state index contributed by atoms with van der Waals surface area (Å²) in [6, 6.07) is 21.8. The lowest BCUT2D eigenvalue weighted by atomic mass is 10.2.